The Bertz CT molecular complexity index is 4130. The normalized spacial score (nSPS) is 12.7. The summed E-state index contributed by atoms with van der Waals surface area (Å²) in [5.41, 5.74) is 3.90. The van der Waals surface area contributed by atoms with E-state index in [4.69, 9.17) is 37.9 Å². The van der Waals surface area contributed by atoms with Crippen molar-refractivity contribution >= 4 is 91.5 Å². The van der Waals surface area contributed by atoms with Crippen molar-refractivity contribution in [1.29, 1.82) is 0 Å². The topological polar surface area (TPSA) is 254 Å². The van der Waals surface area contributed by atoms with Crippen LogP contribution in [0.25, 0.3) is 32.3 Å². The van der Waals surface area contributed by atoms with Crippen molar-refractivity contribution in [3.8, 4) is 28.7 Å². The highest BCUT2D eigenvalue weighted by molar-refractivity contribution is 6.30. The molecule has 0 spiro atoms. The summed E-state index contributed by atoms with van der Waals surface area (Å²) in [6, 6.07) is 28.4. The number of unbranched alkanes of at least 4 members (excludes halogenated alkanes) is 5. The molecule has 494 valence electrons. The highest BCUT2D eigenvalue weighted by atomic mass is 16.6. The molecule has 0 unspecified atom stereocenters. The van der Waals surface area contributed by atoms with Crippen molar-refractivity contribution in [2.24, 2.45) is 0 Å². The third-order valence-corrected chi connectivity index (χ3v) is 15.7. The average Bonchev–Trinajstić information content (AvgIpc) is 0.752. The van der Waals surface area contributed by atoms with Crippen molar-refractivity contribution in [2.45, 2.75) is 73.1 Å². The number of benzene rings is 7. The Morgan fingerprint density at radius 1 is 0.379 bits per heavy atom. The second kappa shape index (κ2) is 31.6. The van der Waals surface area contributed by atoms with Gasteiger partial charge in [-0.05, 0) is 107 Å². The van der Waals surface area contributed by atoms with Gasteiger partial charge in [-0.1, -0.05) is 89.1 Å². The first kappa shape index (κ1) is 69.9. The largest absolute Gasteiger partial charge is 0.496 e. The molecule has 0 saturated carbocycles. The third kappa shape index (κ3) is 15.3. The minimum absolute atomic E-state index is 0.0124. The number of imide groups is 3. The van der Waals surface area contributed by atoms with Crippen LogP contribution in [0.5, 0.6) is 28.7 Å². The first-order valence-corrected chi connectivity index (χ1v) is 31.0. The molecule has 0 aromatic heterocycles. The second-order valence-corrected chi connectivity index (χ2v) is 22.5. The minimum Gasteiger partial charge on any atom is -0.496 e. The molecule has 0 fully saturated rings. The molecule has 0 aliphatic carbocycles. The lowest BCUT2D eigenvalue weighted by Crippen LogP contribution is -2.40. The Morgan fingerprint density at radius 2 is 0.716 bits per heavy atom. The minimum atomic E-state index is -0.534. The molecule has 21 heteroatoms. The first-order valence-electron chi connectivity index (χ1n) is 31.0. The number of hydrogen-bond donors (Lipinski definition) is 0. The van der Waals surface area contributed by atoms with Crippen LogP contribution in [0.15, 0.2) is 140 Å². The molecule has 3 aliphatic rings. The summed E-state index contributed by atoms with van der Waals surface area (Å²) in [6.45, 7) is 20.1. The SMILES string of the molecule is C=C(C)C(=O)OCCOc1ccc2c3c(ccc(C(=O)c4ccccc4)c13)C(=O)N(C)C2=O.C=C(C)C(=O)OCCOc1ccc2c3c(ccc(OCCOC(=O)C(=C)C)c13)C(=O)N(C)C2=O.CCCCCCCCOc1ccc2c3c(ccc(OC)c13)C(=O)N(CC)C2=O. The molecule has 21 nitrogen and oxygen atoms in total. The summed E-state index contributed by atoms with van der Waals surface area (Å²) in [7, 11) is 4.43. The quantitative estimate of drug-likeness (QED) is 0.0116. The van der Waals surface area contributed by atoms with E-state index >= 15 is 0 Å². The van der Waals surface area contributed by atoms with E-state index in [2.05, 4.69) is 26.7 Å². The van der Waals surface area contributed by atoms with Crippen molar-refractivity contribution < 1.29 is 85.8 Å². The van der Waals surface area contributed by atoms with E-state index in [-0.39, 0.29) is 74.0 Å². The number of ketones is 1. The lowest BCUT2D eigenvalue weighted by molar-refractivity contribution is -0.140. The summed E-state index contributed by atoms with van der Waals surface area (Å²) < 4.78 is 44.3. The Morgan fingerprint density at radius 3 is 1.11 bits per heavy atom. The van der Waals surface area contributed by atoms with Gasteiger partial charge < -0.3 is 37.9 Å². The number of amides is 6. The summed E-state index contributed by atoms with van der Waals surface area (Å²) in [5.74, 6) is -1.93. The maximum Gasteiger partial charge on any atom is 0.333 e. The maximum absolute atomic E-state index is 13.3. The highest BCUT2D eigenvalue weighted by Gasteiger charge is 2.36. The van der Waals surface area contributed by atoms with Crippen LogP contribution in [-0.4, -0.2) is 148 Å². The van der Waals surface area contributed by atoms with Crippen LogP contribution in [0, 0.1) is 0 Å². The van der Waals surface area contributed by atoms with Crippen LogP contribution >= 0.6 is 0 Å². The summed E-state index contributed by atoms with van der Waals surface area (Å²) >= 11 is 0. The van der Waals surface area contributed by atoms with E-state index in [0.717, 1.165) is 22.6 Å². The monoisotopic (exact) mass is 1290 g/mol. The summed E-state index contributed by atoms with van der Waals surface area (Å²) in [6.07, 6.45) is 7.13. The number of carbonyl (C=O) groups excluding carboxylic acids is 10. The van der Waals surface area contributed by atoms with Crippen molar-refractivity contribution in [2.75, 3.05) is 74.0 Å². The van der Waals surface area contributed by atoms with Gasteiger partial charge in [0.25, 0.3) is 35.4 Å². The van der Waals surface area contributed by atoms with Gasteiger partial charge in [0, 0.05) is 103 Å². The molecular formula is C74H75N3O18. The Kier molecular flexibility index (Phi) is 23.2. The molecule has 10 rings (SSSR count). The van der Waals surface area contributed by atoms with E-state index in [9.17, 15) is 47.9 Å². The molecule has 0 bridgehead atoms. The van der Waals surface area contributed by atoms with Gasteiger partial charge in [-0.3, -0.25) is 48.3 Å². The predicted molar refractivity (Wildman–Crippen MR) is 355 cm³/mol. The molecule has 0 atom stereocenters. The standard InChI is InChI=1S/C26H21NO6.C25H25NO8.C23H29NO4/c1-15(2)26(31)33-14-13-32-20-12-11-19-21-18(24(29)27(3)25(19)30)10-9-17(22(20)21)23(28)16-7-5-4-6-8-16;1-14(2)24(29)33-12-10-31-18-8-6-16-20-17(23(28)26(5)22(16)27)7-9-19(21(18)20)32-11-13-34-25(30)15(3)4;1-4-6-7-8-9-10-15-28-19-14-12-17-20-16(11-13-18(27-3)21(19)20)22(25)24(5-2)23(17)26/h4-12H,1,13-14H2,2-3H3;6-9H,1,3,10-13H2,2,4-5H3;11-14H,4-10,15H2,1-3H3. The maximum atomic E-state index is 13.3. The van der Waals surface area contributed by atoms with E-state index in [1.54, 1.807) is 112 Å². The highest BCUT2D eigenvalue weighted by Crippen LogP contribution is 2.44. The number of ether oxygens (including phenoxy) is 8. The molecule has 7 aromatic carbocycles. The molecule has 95 heavy (non-hydrogen) atoms. The molecule has 6 amide bonds. The van der Waals surface area contributed by atoms with Gasteiger partial charge in [0.2, 0.25) is 0 Å². The Hall–Kier alpha value is -11.0. The van der Waals surface area contributed by atoms with Crippen LogP contribution in [0.1, 0.15) is 151 Å². The van der Waals surface area contributed by atoms with Gasteiger partial charge in [-0.15, -0.1) is 0 Å². The van der Waals surface area contributed by atoms with E-state index < -0.39 is 41.5 Å². The molecule has 0 N–H and O–H groups in total. The van der Waals surface area contributed by atoms with Crippen molar-refractivity contribution in [3.63, 3.8) is 0 Å². The fourth-order valence-corrected chi connectivity index (χ4v) is 10.9. The van der Waals surface area contributed by atoms with E-state index in [1.165, 1.54) is 58.5 Å². The van der Waals surface area contributed by atoms with Gasteiger partial charge in [0.05, 0.1) is 24.5 Å². The van der Waals surface area contributed by atoms with Crippen molar-refractivity contribution in [3.05, 3.63) is 184 Å². The zero-order valence-corrected chi connectivity index (χ0v) is 54.5. The smallest absolute Gasteiger partial charge is 0.333 e. The van der Waals surface area contributed by atoms with Gasteiger partial charge in [-0.2, -0.15) is 0 Å². The number of esters is 3. The fourth-order valence-electron chi connectivity index (χ4n) is 10.9. The van der Waals surface area contributed by atoms with Crippen LogP contribution in [0.3, 0.4) is 0 Å². The number of rotatable bonds is 27. The van der Waals surface area contributed by atoms with Gasteiger partial charge in [0.15, 0.2) is 5.78 Å². The average molecular weight is 1290 g/mol. The second-order valence-electron chi connectivity index (χ2n) is 22.5. The Balaban J connectivity index is 0.000000183. The molecule has 0 saturated heterocycles. The van der Waals surface area contributed by atoms with Crippen molar-refractivity contribution in [1.82, 2.24) is 14.7 Å². The van der Waals surface area contributed by atoms with Crippen LogP contribution < -0.4 is 23.7 Å². The first-order chi connectivity index (χ1) is 45.6. The number of methoxy groups -OCH3 is 1. The molecular weight excluding hydrogens is 1220 g/mol. The lowest BCUT2D eigenvalue weighted by atomic mass is 9.88. The zero-order chi connectivity index (χ0) is 68.8. The third-order valence-electron chi connectivity index (χ3n) is 15.7. The van der Waals surface area contributed by atoms with Gasteiger partial charge in [-0.25, -0.2) is 14.4 Å². The number of carbonyl (C=O) groups is 10. The Labute approximate surface area is 549 Å². The molecule has 7 aromatic rings. The van der Waals surface area contributed by atoms with E-state index in [1.807, 2.05) is 12.1 Å². The molecule has 3 aliphatic heterocycles. The van der Waals surface area contributed by atoms with Gasteiger partial charge >= 0.3 is 17.9 Å². The lowest BCUT2D eigenvalue weighted by Gasteiger charge is -2.27. The van der Waals surface area contributed by atoms with Gasteiger partial charge in [0.1, 0.15) is 68.4 Å². The van der Waals surface area contributed by atoms with Crippen LogP contribution in [0.4, 0.5) is 0 Å². The fraction of sp³-hybridized carbons (Fsp3) is 0.297. The predicted octanol–water partition coefficient (Wildman–Crippen LogP) is 12.1. The summed E-state index contributed by atoms with van der Waals surface area (Å²) in [5, 5.41) is 2.92. The number of hydrogen-bond acceptors (Lipinski definition) is 18. The number of nitrogens with zero attached hydrogens (tertiary/aromatic N) is 3. The molecule has 0 radical (unpaired) electrons. The molecule has 3 heterocycles. The summed E-state index contributed by atoms with van der Waals surface area (Å²) in [4.78, 5) is 128. The zero-order valence-electron chi connectivity index (χ0n) is 54.5. The van der Waals surface area contributed by atoms with Crippen LogP contribution in [-0.2, 0) is 28.6 Å². The van der Waals surface area contributed by atoms with E-state index in [0.29, 0.717) is 119 Å². The van der Waals surface area contributed by atoms with Crippen LogP contribution in [0.2, 0.25) is 0 Å².